The van der Waals surface area contributed by atoms with Crippen LogP contribution in [-0.4, -0.2) is 44.9 Å². The Morgan fingerprint density at radius 1 is 1.07 bits per heavy atom. The van der Waals surface area contributed by atoms with Crippen LogP contribution in [0, 0.1) is 13.8 Å². The first-order chi connectivity index (χ1) is 14.3. The molecule has 0 saturated carbocycles. The summed E-state index contributed by atoms with van der Waals surface area (Å²) in [5, 5.41) is 3.10. The zero-order valence-corrected chi connectivity index (χ0v) is 18.8. The van der Waals surface area contributed by atoms with Gasteiger partial charge in [-0.25, -0.2) is 8.42 Å². The van der Waals surface area contributed by atoms with Gasteiger partial charge in [0.15, 0.2) is 0 Å². The summed E-state index contributed by atoms with van der Waals surface area (Å²) >= 11 is 0. The van der Waals surface area contributed by atoms with E-state index >= 15 is 0 Å². The number of carbonyl (C=O) groups is 1. The maximum Gasteiger partial charge on any atom is 0.262 e. The molecular weight excluding hydrogens is 398 g/mol. The van der Waals surface area contributed by atoms with E-state index in [2.05, 4.69) is 21.9 Å². The van der Waals surface area contributed by atoms with Crippen molar-refractivity contribution in [1.29, 1.82) is 0 Å². The van der Waals surface area contributed by atoms with Crippen LogP contribution in [0.15, 0.2) is 47.4 Å². The van der Waals surface area contributed by atoms with Gasteiger partial charge in [0.05, 0.1) is 4.90 Å². The van der Waals surface area contributed by atoms with Gasteiger partial charge in [0, 0.05) is 30.4 Å². The second-order valence-corrected chi connectivity index (χ2v) is 9.69. The molecule has 0 atom stereocenters. The van der Waals surface area contributed by atoms with Crippen LogP contribution in [0.5, 0.6) is 0 Å². The summed E-state index contributed by atoms with van der Waals surface area (Å²) in [6.45, 7) is 8.95. The Hall–Kier alpha value is -2.38. The van der Waals surface area contributed by atoms with E-state index in [-0.39, 0.29) is 16.8 Å². The fourth-order valence-corrected chi connectivity index (χ4v) is 5.17. The van der Waals surface area contributed by atoms with Crippen molar-refractivity contribution in [3.63, 3.8) is 0 Å². The number of carbonyl (C=O) groups excluding carboxylic acids is 1. The van der Waals surface area contributed by atoms with Crippen LogP contribution in [0.1, 0.15) is 47.7 Å². The number of amides is 1. The van der Waals surface area contributed by atoms with E-state index in [4.69, 9.17) is 0 Å². The number of aryl methyl sites for hydroxylation is 2. The Kier molecular flexibility index (Phi) is 7.15. The van der Waals surface area contributed by atoms with Crippen molar-refractivity contribution in [2.24, 2.45) is 0 Å². The molecule has 2 aromatic rings. The summed E-state index contributed by atoms with van der Waals surface area (Å²) in [7, 11) is -3.69. The summed E-state index contributed by atoms with van der Waals surface area (Å²) in [6.07, 6.45) is 3.06. The van der Waals surface area contributed by atoms with Crippen LogP contribution in [0.4, 0.5) is 5.69 Å². The molecule has 1 heterocycles. The summed E-state index contributed by atoms with van der Waals surface area (Å²) in [5.74, 6) is -0.118. The molecule has 2 aromatic carbocycles. The molecule has 30 heavy (non-hydrogen) atoms. The van der Waals surface area contributed by atoms with Gasteiger partial charge in [-0.2, -0.15) is 0 Å². The standard InChI is InChI=1S/C23H31N3O3S/c1-4-13-26-14-11-20(12-15-26)24-23(27)19-7-9-21(10-8-19)25-30(28,29)22-16-17(2)5-6-18(22)3/h5-10,16,20,25H,4,11-15H2,1-3H3,(H,24,27). The third-order valence-corrected chi connectivity index (χ3v) is 7.02. The third kappa shape index (κ3) is 5.61. The Balaban J connectivity index is 1.61. The number of nitrogens with one attached hydrogen (secondary N) is 2. The van der Waals surface area contributed by atoms with E-state index in [0.717, 1.165) is 44.5 Å². The summed E-state index contributed by atoms with van der Waals surface area (Å²) in [6, 6.07) is 12.1. The van der Waals surface area contributed by atoms with Crippen LogP contribution in [0.25, 0.3) is 0 Å². The Morgan fingerprint density at radius 2 is 1.73 bits per heavy atom. The minimum absolute atomic E-state index is 0.118. The topological polar surface area (TPSA) is 78.5 Å². The van der Waals surface area contributed by atoms with Gasteiger partial charge in [-0.15, -0.1) is 0 Å². The highest BCUT2D eigenvalue weighted by atomic mass is 32.2. The Bertz CT molecular complexity index is 979. The SMILES string of the molecule is CCCN1CCC(NC(=O)c2ccc(NS(=O)(=O)c3cc(C)ccc3C)cc2)CC1. The molecule has 0 radical (unpaired) electrons. The number of nitrogens with zero attached hydrogens (tertiary/aromatic N) is 1. The van der Waals surface area contributed by atoms with Crippen molar-refractivity contribution in [3.05, 3.63) is 59.2 Å². The largest absolute Gasteiger partial charge is 0.349 e. The quantitative estimate of drug-likeness (QED) is 0.703. The van der Waals surface area contributed by atoms with Crippen molar-refractivity contribution in [2.45, 2.75) is 51.0 Å². The van der Waals surface area contributed by atoms with Crippen LogP contribution < -0.4 is 10.0 Å². The number of hydrogen-bond acceptors (Lipinski definition) is 4. The number of benzene rings is 2. The zero-order chi connectivity index (χ0) is 21.7. The van der Waals surface area contributed by atoms with Crippen molar-refractivity contribution in [2.75, 3.05) is 24.4 Å². The van der Waals surface area contributed by atoms with Crippen molar-refractivity contribution in [3.8, 4) is 0 Å². The number of piperidine rings is 1. The Morgan fingerprint density at radius 3 is 2.37 bits per heavy atom. The van der Waals surface area contributed by atoms with E-state index in [1.54, 1.807) is 43.3 Å². The molecule has 162 valence electrons. The number of sulfonamides is 1. The van der Waals surface area contributed by atoms with Crippen LogP contribution in [-0.2, 0) is 10.0 Å². The second kappa shape index (κ2) is 9.62. The lowest BCUT2D eigenvalue weighted by molar-refractivity contribution is 0.0911. The summed E-state index contributed by atoms with van der Waals surface area (Å²) < 4.78 is 28.1. The van der Waals surface area contributed by atoms with Crippen LogP contribution in [0.2, 0.25) is 0 Å². The van der Waals surface area contributed by atoms with Gasteiger partial charge in [-0.05, 0) is 81.1 Å². The minimum atomic E-state index is -3.69. The highest BCUT2D eigenvalue weighted by Gasteiger charge is 2.21. The van der Waals surface area contributed by atoms with Crippen molar-refractivity contribution in [1.82, 2.24) is 10.2 Å². The molecule has 7 heteroatoms. The number of likely N-dealkylation sites (tertiary alicyclic amines) is 1. The summed E-state index contributed by atoms with van der Waals surface area (Å²) in [5.41, 5.74) is 2.53. The number of rotatable bonds is 7. The highest BCUT2D eigenvalue weighted by molar-refractivity contribution is 7.92. The number of hydrogen-bond donors (Lipinski definition) is 2. The molecule has 1 saturated heterocycles. The molecule has 1 aliphatic rings. The molecular formula is C23H31N3O3S. The van der Waals surface area contributed by atoms with Crippen LogP contribution >= 0.6 is 0 Å². The van der Waals surface area contributed by atoms with Gasteiger partial charge >= 0.3 is 0 Å². The predicted octanol–water partition coefficient (Wildman–Crippen LogP) is 3.71. The van der Waals surface area contributed by atoms with Crippen LogP contribution in [0.3, 0.4) is 0 Å². The zero-order valence-electron chi connectivity index (χ0n) is 17.9. The molecule has 1 aliphatic heterocycles. The molecule has 0 aromatic heterocycles. The van der Waals surface area contributed by atoms with E-state index in [9.17, 15) is 13.2 Å². The lowest BCUT2D eigenvalue weighted by atomic mass is 10.0. The predicted molar refractivity (Wildman–Crippen MR) is 120 cm³/mol. The molecule has 0 unspecified atom stereocenters. The molecule has 1 fully saturated rings. The molecule has 0 spiro atoms. The van der Waals surface area contributed by atoms with Gasteiger partial charge in [0.25, 0.3) is 15.9 Å². The van der Waals surface area contributed by atoms with Gasteiger partial charge < -0.3 is 10.2 Å². The average Bonchev–Trinajstić information content (AvgIpc) is 2.71. The van der Waals surface area contributed by atoms with E-state index in [0.29, 0.717) is 16.8 Å². The van der Waals surface area contributed by atoms with Gasteiger partial charge in [-0.3, -0.25) is 9.52 Å². The van der Waals surface area contributed by atoms with Gasteiger partial charge in [-0.1, -0.05) is 19.1 Å². The molecule has 3 rings (SSSR count). The first kappa shape index (κ1) is 22.3. The highest BCUT2D eigenvalue weighted by Crippen LogP contribution is 2.21. The normalized spacial score (nSPS) is 15.7. The van der Waals surface area contributed by atoms with E-state index < -0.39 is 10.0 Å². The molecule has 2 N–H and O–H groups in total. The van der Waals surface area contributed by atoms with Gasteiger partial charge in [0.1, 0.15) is 0 Å². The molecule has 0 aliphatic carbocycles. The molecule has 0 bridgehead atoms. The first-order valence-corrected chi connectivity index (χ1v) is 12.0. The van der Waals surface area contributed by atoms with Gasteiger partial charge in [0.2, 0.25) is 0 Å². The lowest BCUT2D eigenvalue weighted by Gasteiger charge is -2.32. The first-order valence-electron chi connectivity index (χ1n) is 10.5. The van der Waals surface area contributed by atoms with Crippen molar-refractivity contribution >= 4 is 21.6 Å². The molecule has 1 amide bonds. The Labute approximate surface area is 179 Å². The minimum Gasteiger partial charge on any atom is -0.349 e. The smallest absolute Gasteiger partial charge is 0.262 e. The number of anilines is 1. The van der Waals surface area contributed by atoms with E-state index in [1.165, 1.54) is 0 Å². The monoisotopic (exact) mass is 429 g/mol. The fraction of sp³-hybridized carbons (Fsp3) is 0.435. The maximum atomic E-state index is 12.7. The van der Waals surface area contributed by atoms with E-state index in [1.807, 2.05) is 13.0 Å². The van der Waals surface area contributed by atoms with Crippen molar-refractivity contribution < 1.29 is 13.2 Å². The maximum absolute atomic E-state index is 12.7. The third-order valence-electron chi connectivity index (χ3n) is 5.50. The second-order valence-electron chi connectivity index (χ2n) is 8.04. The molecule has 6 nitrogen and oxygen atoms in total. The average molecular weight is 430 g/mol. The fourth-order valence-electron chi connectivity index (χ4n) is 3.78. The lowest BCUT2D eigenvalue weighted by Crippen LogP contribution is -2.44. The summed E-state index contributed by atoms with van der Waals surface area (Å²) in [4.78, 5) is 15.2.